The number of likely N-dealkylation sites (tertiary alicyclic amines) is 2. The van der Waals surface area contributed by atoms with Crippen molar-refractivity contribution in [3.63, 3.8) is 0 Å². The summed E-state index contributed by atoms with van der Waals surface area (Å²) in [7, 11) is 0. The van der Waals surface area contributed by atoms with E-state index in [4.69, 9.17) is 9.47 Å². The van der Waals surface area contributed by atoms with Crippen molar-refractivity contribution in [3.05, 3.63) is 23.8 Å². The fourth-order valence-corrected chi connectivity index (χ4v) is 4.23. The Morgan fingerprint density at radius 1 is 1.17 bits per heavy atom. The molecular weight excluding hydrogens is 304 g/mol. The maximum absolute atomic E-state index is 9.45. The van der Waals surface area contributed by atoms with Gasteiger partial charge >= 0.3 is 0 Å². The Balaban J connectivity index is 1.23. The van der Waals surface area contributed by atoms with E-state index in [0.717, 1.165) is 37.6 Å². The molecule has 24 heavy (non-hydrogen) atoms. The van der Waals surface area contributed by atoms with Crippen LogP contribution in [0.5, 0.6) is 11.5 Å². The molecular formula is C19H28N2O3. The lowest BCUT2D eigenvalue weighted by Gasteiger charge is -2.45. The van der Waals surface area contributed by atoms with Crippen molar-refractivity contribution in [1.82, 2.24) is 9.80 Å². The van der Waals surface area contributed by atoms with E-state index < -0.39 is 0 Å². The number of benzene rings is 1. The number of aliphatic hydroxyl groups excluding tert-OH is 1. The number of fused-ring (bicyclic) bond motifs is 1. The van der Waals surface area contributed by atoms with E-state index in [1.165, 1.54) is 31.5 Å². The SMILES string of the molecule is CC(Cc1ccc2c(c1)OCO2)CN1CCC(N2CC(O)C2)CC1. The van der Waals surface area contributed by atoms with Crippen LogP contribution in [0.2, 0.25) is 0 Å². The minimum absolute atomic E-state index is 0.0789. The summed E-state index contributed by atoms with van der Waals surface area (Å²) in [5.74, 6) is 2.38. The molecule has 0 radical (unpaired) electrons. The van der Waals surface area contributed by atoms with Crippen molar-refractivity contribution in [2.45, 2.75) is 38.3 Å². The molecule has 132 valence electrons. The first-order valence-corrected chi connectivity index (χ1v) is 9.20. The second-order valence-electron chi connectivity index (χ2n) is 7.64. The van der Waals surface area contributed by atoms with E-state index in [1.807, 2.05) is 6.07 Å². The van der Waals surface area contributed by atoms with Crippen molar-refractivity contribution >= 4 is 0 Å². The van der Waals surface area contributed by atoms with Gasteiger partial charge in [0.25, 0.3) is 0 Å². The summed E-state index contributed by atoms with van der Waals surface area (Å²) in [5.41, 5.74) is 1.33. The summed E-state index contributed by atoms with van der Waals surface area (Å²) >= 11 is 0. The summed E-state index contributed by atoms with van der Waals surface area (Å²) in [5, 5.41) is 9.45. The standard InChI is InChI=1S/C19H28N2O3/c1-14(8-15-2-3-18-19(9-15)24-13-23-18)10-20-6-4-16(5-7-20)21-11-17(22)12-21/h2-3,9,14,16-17,22H,4-8,10-13H2,1H3. The van der Waals surface area contributed by atoms with Gasteiger partial charge in [-0.3, -0.25) is 4.90 Å². The number of piperidine rings is 1. The van der Waals surface area contributed by atoms with Crippen LogP contribution in [0.25, 0.3) is 0 Å². The molecule has 3 aliphatic heterocycles. The number of β-amino-alcohol motifs (C(OH)–C–C–N with tert-alkyl or cyclic N) is 1. The average Bonchev–Trinajstić information content (AvgIpc) is 3.00. The Hall–Kier alpha value is -1.30. The fourth-order valence-electron chi connectivity index (χ4n) is 4.23. The van der Waals surface area contributed by atoms with Crippen molar-refractivity contribution in [3.8, 4) is 11.5 Å². The van der Waals surface area contributed by atoms with Crippen molar-refractivity contribution in [2.75, 3.05) is 39.5 Å². The van der Waals surface area contributed by atoms with Gasteiger partial charge in [0.15, 0.2) is 11.5 Å². The molecule has 0 amide bonds. The highest BCUT2D eigenvalue weighted by atomic mass is 16.7. The molecule has 2 saturated heterocycles. The monoisotopic (exact) mass is 332 g/mol. The molecule has 1 aromatic carbocycles. The molecule has 1 aromatic rings. The van der Waals surface area contributed by atoms with E-state index in [-0.39, 0.29) is 6.10 Å². The van der Waals surface area contributed by atoms with Gasteiger partial charge in [-0.1, -0.05) is 13.0 Å². The van der Waals surface area contributed by atoms with Crippen LogP contribution in [0.3, 0.4) is 0 Å². The Kier molecular flexibility index (Phi) is 4.66. The van der Waals surface area contributed by atoms with Crippen LogP contribution in [0.1, 0.15) is 25.3 Å². The molecule has 3 aliphatic rings. The van der Waals surface area contributed by atoms with Gasteiger partial charge in [0.1, 0.15) is 0 Å². The third-order valence-corrected chi connectivity index (χ3v) is 5.56. The van der Waals surface area contributed by atoms with Crippen molar-refractivity contribution in [1.29, 1.82) is 0 Å². The van der Waals surface area contributed by atoms with Gasteiger partial charge < -0.3 is 19.5 Å². The van der Waals surface area contributed by atoms with E-state index >= 15 is 0 Å². The lowest BCUT2D eigenvalue weighted by molar-refractivity contribution is -0.0403. The van der Waals surface area contributed by atoms with Crippen LogP contribution in [0.15, 0.2) is 18.2 Å². The summed E-state index contributed by atoms with van der Waals surface area (Å²) in [6.45, 7) is 7.96. The highest BCUT2D eigenvalue weighted by Gasteiger charge is 2.33. The van der Waals surface area contributed by atoms with Gasteiger partial charge in [-0.25, -0.2) is 0 Å². The second kappa shape index (κ2) is 6.90. The molecule has 0 aromatic heterocycles. The zero-order valence-electron chi connectivity index (χ0n) is 14.5. The Morgan fingerprint density at radius 2 is 1.92 bits per heavy atom. The molecule has 0 bridgehead atoms. The number of hydrogen-bond donors (Lipinski definition) is 1. The Labute approximate surface area is 144 Å². The maximum atomic E-state index is 9.45. The van der Waals surface area contributed by atoms with Crippen LogP contribution in [0.4, 0.5) is 0 Å². The molecule has 0 spiro atoms. The predicted octanol–water partition coefficient (Wildman–Crippen LogP) is 1.73. The van der Waals surface area contributed by atoms with Gasteiger partial charge in [-0.05, 0) is 56.0 Å². The normalized spacial score (nSPS) is 24.1. The van der Waals surface area contributed by atoms with Crippen LogP contribution < -0.4 is 9.47 Å². The highest BCUT2D eigenvalue weighted by Crippen LogP contribution is 2.33. The molecule has 0 saturated carbocycles. The first kappa shape index (κ1) is 16.2. The summed E-state index contributed by atoms with van der Waals surface area (Å²) in [6, 6.07) is 7.00. The number of rotatable bonds is 5. The van der Waals surface area contributed by atoms with E-state index in [2.05, 4.69) is 28.9 Å². The van der Waals surface area contributed by atoms with Gasteiger partial charge in [0.2, 0.25) is 6.79 Å². The highest BCUT2D eigenvalue weighted by molar-refractivity contribution is 5.44. The van der Waals surface area contributed by atoms with E-state index in [1.54, 1.807) is 0 Å². The van der Waals surface area contributed by atoms with Crippen LogP contribution in [-0.4, -0.2) is 66.6 Å². The smallest absolute Gasteiger partial charge is 0.231 e. The minimum atomic E-state index is -0.0789. The van der Waals surface area contributed by atoms with Gasteiger partial charge in [-0.15, -0.1) is 0 Å². The molecule has 5 heteroatoms. The molecule has 1 unspecified atom stereocenters. The van der Waals surface area contributed by atoms with Crippen molar-refractivity contribution in [2.24, 2.45) is 5.92 Å². The molecule has 4 rings (SSSR count). The average molecular weight is 332 g/mol. The lowest BCUT2D eigenvalue weighted by atomic mass is 9.96. The largest absolute Gasteiger partial charge is 0.454 e. The molecule has 2 fully saturated rings. The molecule has 3 heterocycles. The van der Waals surface area contributed by atoms with E-state index in [0.29, 0.717) is 18.8 Å². The summed E-state index contributed by atoms with van der Waals surface area (Å²) in [4.78, 5) is 5.04. The second-order valence-corrected chi connectivity index (χ2v) is 7.64. The van der Waals surface area contributed by atoms with Crippen molar-refractivity contribution < 1.29 is 14.6 Å². The van der Waals surface area contributed by atoms with Crippen LogP contribution >= 0.6 is 0 Å². The first-order valence-electron chi connectivity index (χ1n) is 9.20. The minimum Gasteiger partial charge on any atom is -0.454 e. The van der Waals surface area contributed by atoms with E-state index in [9.17, 15) is 5.11 Å². The molecule has 0 aliphatic carbocycles. The zero-order valence-corrected chi connectivity index (χ0v) is 14.5. The topological polar surface area (TPSA) is 45.2 Å². The third kappa shape index (κ3) is 3.53. The van der Waals surface area contributed by atoms with Crippen LogP contribution in [0, 0.1) is 5.92 Å². The molecule has 1 N–H and O–H groups in total. The maximum Gasteiger partial charge on any atom is 0.231 e. The zero-order chi connectivity index (χ0) is 16.5. The van der Waals surface area contributed by atoms with Gasteiger partial charge in [0.05, 0.1) is 6.10 Å². The fraction of sp³-hybridized carbons (Fsp3) is 0.684. The number of aliphatic hydroxyl groups is 1. The number of hydrogen-bond acceptors (Lipinski definition) is 5. The lowest BCUT2D eigenvalue weighted by Crippen LogP contribution is -2.57. The molecule has 5 nitrogen and oxygen atoms in total. The Morgan fingerprint density at radius 3 is 2.67 bits per heavy atom. The third-order valence-electron chi connectivity index (χ3n) is 5.56. The number of ether oxygens (including phenoxy) is 2. The summed E-state index contributed by atoms with van der Waals surface area (Å²) in [6.07, 6.45) is 3.48. The predicted molar refractivity (Wildman–Crippen MR) is 92.5 cm³/mol. The molecule has 1 atom stereocenters. The van der Waals surface area contributed by atoms with Crippen LogP contribution in [-0.2, 0) is 6.42 Å². The van der Waals surface area contributed by atoms with Gasteiger partial charge in [0, 0.05) is 25.7 Å². The summed E-state index contributed by atoms with van der Waals surface area (Å²) < 4.78 is 10.9. The quantitative estimate of drug-likeness (QED) is 0.890. The van der Waals surface area contributed by atoms with Gasteiger partial charge in [-0.2, -0.15) is 0 Å². The Bertz CT molecular complexity index is 566. The first-order chi connectivity index (χ1) is 11.7. The number of nitrogens with zero attached hydrogens (tertiary/aromatic N) is 2.